The molecule has 0 amide bonds. The van der Waals surface area contributed by atoms with Crippen LogP contribution in [0.15, 0.2) is 0 Å². The van der Waals surface area contributed by atoms with Gasteiger partial charge in [-0.3, -0.25) is 0 Å². The molecule has 2 aliphatic rings. The summed E-state index contributed by atoms with van der Waals surface area (Å²) in [5.74, 6) is 1.47. The number of hydrogen-bond acceptors (Lipinski definition) is 2. The molecule has 1 N–H and O–H groups in total. The Morgan fingerprint density at radius 3 is 2.35 bits per heavy atom. The molecule has 1 unspecified atom stereocenters. The second-order valence-electron chi connectivity index (χ2n) is 6.30. The topological polar surface area (TPSA) is 21.3 Å². The molecule has 0 spiro atoms. The van der Waals surface area contributed by atoms with Gasteiger partial charge in [0.15, 0.2) is 0 Å². The number of rotatable bonds is 7. The first kappa shape index (κ1) is 13.4. The maximum absolute atomic E-state index is 6.16. The van der Waals surface area contributed by atoms with Gasteiger partial charge >= 0.3 is 0 Å². The first-order chi connectivity index (χ1) is 8.25. The fourth-order valence-electron chi connectivity index (χ4n) is 2.67. The van der Waals surface area contributed by atoms with E-state index < -0.39 is 0 Å². The first-order valence-electron chi connectivity index (χ1n) is 7.60. The van der Waals surface area contributed by atoms with Crippen LogP contribution in [-0.2, 0) is 4.74 Å². The monoisotopic (exact) mass is 239 g/mol. The zero-order valence-corrected chi connectivity index (χ0v) is 11.6. The zero-order valence-electron chi connectivity index (χ0n) is 11.6. The summed E-state index contributed by atoms with van der Waals surface area (Å²) >= 11 is 0. The lowest BCUT2D eigenvalue weighted by Gasteiger charge is -2.27. The van der Waals surface area contributed by atoms with Crippen molar-refractivity contribution in [1.82, 2.24) is 5.32 Å². The molecule has 0 aromatic carbocycles. The lowest BCUT2D eigenvalue weighted by atomic mass is 9.90. The van der Waals surface area contributed by atoms with Crippen LogP contribution in [0.4, 0.5) is 0 Å². The van der Waals surface area contributed by atoms with Crippen LogP contribution in [0.5, 0.6) is 0 Å². The van der Waals surface area contributed by atoms with Gasteiger partial charge in [-0.05, 0) is 37.5 Å². The maximum Gasteiger partial charge on any atom is 0.0722 e. The van der Waals surface area contributed by atoms with Gasteiger partial charge in [-0.1, -0.05) is 33.1 Å². The molecular weight excluding hydrogens is 210 g/mol. The molecule has 2 rings (SSSR count). The van der Waals surface area contributed by atoms with Crippen LogP contribution >= 0.6 is 0 Å². The fraction of sp³-hybridized carbons (Fsp3) is 1.00. The molecular formula is C15H29NO. The quantitative estimate of drug-likeness (QED) is 0.735. The third kappa shape index (κ3) is 4.97. The summed E-state index contributed by atoms with van der Waals surface area (Å²) < 4.78 is 6.16. The van der Waals surface area contributed by atoms with Crippen molar-refractivity contribution in [2.45, 2.75) is 70.9 Å². The normalized spacial score (nSPS) is 24.2. The Morgan fingerprint density at radius 2 is 1.76 bits per heavy atom. The van der Waals surface area contributed by atoms with Crippen molar-refractivity contribution in [3.63, 3.8) is 0 Å². The smallest absolute Gasteiger partial charge is 0.0722 e. The van der Waals surface area contributed by atoms with Crippen LogP contribution in [0.2, 0.25) is 0 Å². The van der Waals surface area contributed by atoms with E-state index in [4.69, 9.17) is 4.74 Å². The Bertz CT molecular complexity index is 207. The van der Waals surface area contributed by atoms with E-state index >= 15 is 0 Å². The summed E-state index contributed by atoms with van der Waals surface area (Å²) in [4.78, 5) is 0. The Hall–Kier alpha value is -0.0800. The predicted molar refractivity (Wildman–Crippen MR) is 72.2 cm³/mol. The van der Waals surface area contributed by atoms with Crippen LogP contribution < -0.4 is 5.32 Å². The third-order valence-corrected chi connectivity index (χ3v) is 4.20. The molecule has 2 saturated carbocycles. The van der Waals surface area contributed by atoms with E-state index in [1.54, 1.807) is 0 Å². The summed E-state index contributed by atoms with van der Waals surface area (Å²) in [5, 5.41) is 3.60. The summed E-state index contributed by atoms with van der Waals surface area (Å²) in [6.45, 7) is 6.60. The highest BCUT2D eigenvalue weighted by molar-refractivity contribution is 4.82. The highest BCUT2D eigenvalue weighted by Gasteiger charge is 2.24. The van der Waals surface area contributed by atoms with Crippen LogP contribution in [0, 0.1) is 11.8 Å². The van der Waals surface area contributed by atoms with Crippen LogP contribution in [0.25, 0.3) is 0 Å². The minimum Gasteiger partial charge on any atom is -0.376 e. The fourth-order valence-corrected chi connectivity index (χ4v) is 2.67. The van der Waals surface area contributed by atoms with E-state index in [2.05, 4.69) is 19.2 Å². The van der Waals surface area contributed by atoms with Crippen molar-refractivity contribution < 1.29 is 4.74 Å². The molecule has 2 aliphatic carbocycles. The van der Waals surface area contributed by atoms with Crippen molar-refractivity contribution in [3.8, 4) is 0 Å². The zero-order chi connectivity index (χ0) is 12.1. The second kappa shape index (κ2) is 6.75. The molecule has 2 nitrogen and oxygen atoms in total. The second-order valence-corrected chi connectivity index (χ2v) is 6.30. The summed E-state index contributed by atoms with van der Waals surface area (Å²) in [5.41, 5.74) is 0. The predicted octanol–water partition coefficient (Wildman–Crippen LogP) is 3.36. The van der Waals surface area contributed by atoms with E-state index in [1.165, 1.54) is 44.9 Å². The first-order valence-corrected chi connectivity index (χ1v) is 7.60. The Balaban J connectivity index is 1.64. The largest absolute Gasteiger partial charge is 0.376 e. The van der Waals surface area contributed by atoms with Crippen molar-refractivity contribution in [1.29, 1.82) is 0 Å². The van der Waals surface area contributed by atoms with Crippen LogP contribution in [0.1, 0.15) is 58.8 Å². The molecule has 0 bridgehead atoms. The minimum absolute atomic E-state index is 0.414. The summed E-state index contributed by atoms with van der Waals surface area (Å²) in [7, 11) is 0. The molecule has 0 aromatic heterocycles. The minimum atomic E-state index is 0.414. The Morgan fingerprint density at radius 1 is 1.06 bits per heavy atom. The molecule has 0 aromatic rings. The maximum atomic E-state index is 6.16. The van der Waals surface area contributed by atoms with Crippen molar-refractivity contribution >= 4 is 0 Å². The number of nitrogens with one attached hydrogen (secondary N) is 1. The Kier molecular flexibility index (Phi) is 5.30. The molecule has 0 radical (unpaired) electrons. The van der Waals surface area contributed by atoms with Crippen molar-refractivity contribution in [2.75, 3.05) is 13.2 Å². The summed E-state index contributed by atoms with van der Waals surface area (Å²) in [6, 6.07) is 0.800. The van der Waals surface area contributed by atoms with Gasteiger partial charge in [-0.2, -0.15) is 0 Å². The number of ether oxygens (including phenoxy) is 1. The number of hydrogen-bond donors (Lipinski definition) is 1. The van der Waals surface area contributed by atoms with Crippen molar-refractivity contribution in [3.05, 3.63) is 0 Å². The van der Waals surface area contributed by atoms with Gasteiger partial charge in [0.1, 0.15) is 0 Å². The lowest BCUT2D eigenvalue weighted by Crippen LogP contribution is -2.35. The SMILES string of the molecule is CC(C)C(CNC1CC1)OCC1CCCCC1. The average molecular weight is 239 g/mol. The van der Waals surface area contributed by atoms with Gasteiger partial charge in [-0.15, -0.1) is 0 Å². The molecule has 2 heteroatoms. The van der Waals surface area contributed by atoms with Gasteiger partial charge in [0.2, 0.25) is 0 Å². The molecule has 17 heavy (non-hydrogen) atoms. The average Bonchev–Trinajstić information content (AvgIpc) is 3.14. The molecule has 1 atom stereocenters. The van der Waals surface area contributed by atoms with E-state index in [1.807, 2.05) is 0 Å². The van der Waals surface area contributed by atoms with Gasteiger partial charge in [0, 0.05) is 19.2 Å². The Labute approximate surface area is 107 Å². The van der Waals surface area contributed by atoms with E-state index in [0.29, 0.717) is 12.0 Å². The van der Waals surface area contributed by atoms with Gasteiger partial charge < -0.3 is 10.1 Å². The standard InChI is InChI=1S/C15H29NO/c1-12(2)15(10-16-14-8-9-14)17-11-13-6-4-3-5-7-13/h12-16H,3-11H2,1-2H3. The van der Waals surface area contributed by atoms with Gasteiger partial charge in [-0.25, -0.2) is 0 Å². The van der Waals surface area contributed by atoms with Gasteiger partial charge in [0.05, 0.1) is 6.10 Å². The van der Waals surface area contributed by atoms with E-state index in [0.717, 1.165) is 25.1 Å². The molecule has 0 aliphatic heterocycles. The van der Waals surface area contributed by atoms with Gasteiger partial charge in [0.25, 0.3) is 0 Å². The third-order valence-electron chi connectivity index (χ3n) is 4.20. The highest BCUT2D eigenvalue weighted by atomic mass is 16.5. The lowest BCUT2D eigenvalue weighted by molar-refractivity contribution is -0.00383. The molecule has 2 fully saturated rings. The van der Waals surface area contributed by atoms with Crippen molar-refractivity contribution in [2.24, 2.45) is 11.8 Å². The van der Waals surface area contributed by atoms with E-state index in [9.17, 15) is 0 Å². The van der Waals surface area contributed by atoms with Crippen LogP contribution in [-0.4, -0.2) is 25.3 Å². The molecule has 0 saturated heterocycles. The highest BCUT2D eigenvalue weighted by Crippen LogP contribution is 2.25. The van der Waals surface area contributed by atoms with E-state index in [-0.39, 0.29) is 0 Å². The molecule has 0 heterocycles. The van der Waals surface area contributed by atoms with Crippen LogP contribution in [0.3, 0.4) is 0 Å². The molecule has 100 valence electrons. The summed E-state index contributed by atoms with van der Waals surface area (Å²) in [6.07, 6.45) is 10.2.